The second-order valence-corrected chi connectivity index (χ2v) is 2.48. The van der Waals surface area contributed by atoms with E-state index in [2.05, 4.69) is 0 Å². The van der Waals surface area contributed by atoms with E-state index in [-0.39, 0.29) is 5.91 Å². The molecule has 10 heavy (non-hydrogen) atoms. The molecule has 0 aromatic carbocycles. The molecular weight excluding hydrogens is 156 g/mol. The summed E-state index contributed by atoms with van der Waals surface area (Å²) in [6, 6.07) is -0.446. The average Bonchev–Trinajstić information content (AvgIpc) is 1.93. The summed E-state index contributed by atoms with van der Waals surface area (Å²) in [7, 11) is 1.42. The Bertz CT molecular complexity index is 182. The van der Waals surface area contributed by atoms with Crippen LogP contribution in [-0.4, -0.2) is 34.8 Å². The molecule has 0 N–H and O–H groups in total. The van der Waals surface area contributed by atoms with Gasteiger partial charge in [-0.15, -0.1) is 0 Å². The van der Waals surface area contributed by atoms with Crippen molar-refractivity contribution in [1.82, 2.24) is 9.32 Å². The van der Waals surface area contributed by atoms with E-state index in [0.29, 0.717) is 13.0 Å². The first-order chi connectivity index (χ1) is 4.63. The first-order valence-electron chi connectivity index (χ1n) is 2.87. The number of carbonyl (C=O) groups excluding carboxylic acids is 2. The summed E-state index contributed by atoms with van der Waals surface area (Å²) in [5, 5.41) is 0. The monoisotopic (exact) mass is 162 g/mol. The maximum atomic E-state index is 10.8. The lowest BCUT2D eigenvalue weighted by atomic mass is 10.3. The third-order valence-electron chi connectivity index (χ3n) is 1.39. The zero-order valence-corrected chi connectivity index (χ0v) is 6.26. The fraction of sp³-hybridized carbons (Fsp3) is 0.600. The highest BCUT2D eigenvalue weighted by molar-refractivity contribution is 6.23. The molecule has 0 unspecified atom stereocenters. The molecular formula is C5H7ClN2O2. The van der Waals surface area contributed by atoms with Gasteiger partial charge >= 0.3 is 6.03 Å². The van der Waals surface area contributed by atoms with E-state index in [0.717, 1.165) is 9.32 Å². The first kappa shape index (κ1) is 7.34. The SMILES string of the molecule is CN1C(=O)CCN(Cl)C1=O. The summed E-state index contributed by atoms with van der Waals surface area (Å²) in [5.41, 5.74) is 0. The Labute approximate surface area is 63.5 Å². The fourth-order valence-corrected chi connectivity index (χ4v) is 0.924. The van der Waals surface area contributed by atoms with Crippen LogP contribution in [0, 0.1) is 0 Å². The highest BCUT2D eigenvalue weighted by Crippen LogP contribution is 2.09. The Hall–Kier alpha value is -0.770. The van der Waals surface area contributed by atoms with Crippen LogP contribution in [0.1, 0.15) is 6.42 Å². The van der Waals surface area contributed by atoms with Crippen LogP contribution in [0.3, 0.4) is 0 Å². The minimum absolute atomic E-state index is 0.179. The molecule has 56 valence electrons. The van der Waals surface area contributed by atoms with Gasteiger partial charge in [0.1, 0.15) is 0 Å². The lowest BCUT2D eigenvalue weighted by Gasteiger charge is -2.26. The van der Waals surface area contributed by atoms with Gasteiger partial charge in [0.05, 0.1) is 0 Å². The number of carbonyl (C=O) groups is 2. The Morgan fingerprint density at radius 1 is 1.50 bits per heavy atom. The van der Waals surface area contributed by atoms with Crippen LogP contribution in [0.15, 0.2) is 0 Å². The maximum Gasteiger partial charge on any atom is 0.341 e. The standard InChI is InChI=1S/C5H7ClN2O2/c1-7-4(9)2-3-8(6)5(7)10/h2-3H2,1H3. The van der Waals surface area contributed by atoms with E-state index >= 15 is 0 Å². The van der Waals surface area contributed by atoms with Gasteiger partial charge in [-0.05, 0) is 0 Å². The summed E-state index contributed by atoms with van der Waals surface area (Å²) in [6.45, 7) is 0.309. The van der Waals surface area contributed by atoms with Crippen molar-refractivity contribution in [2.45, 2.75) is 6.42 Å². The summed E-state index contributed by atoms with van der Waals surface area (Å²) in [5.74, 6) is -0.179. The van der Waals surface area contributed by atoms with Gasteiger partial charge in [-0.1, -0.05) is 0 Å². The number of urea groups is 1. The molecule has 0 saturated carbocycles. The second-order valence-electron chi connectivity index (χ2n) is 2.07. The van der Waals surface area contributed by atoms with Crippen molar-refractivity contribution in [3.63, 3.8) is 0 Å². The Balaban J connectivity index is 2.70. The van der Waals surface area contributed by atoms with Gasteiger partial charge in [0.2, 0.25) is 5.91 Å². The minimum Gasteiger partial charge on any atom is -0.274 e. The number of halogens is 1. The van der Waals surface area contributed by atoms with E-state index in [1.54, 1.807) is 0 Å². The highest BCUT2D eigenvalue weighted by atomic mass is 35.5. The molecule has 0 atom stereocenters. The molecule has 0 bridgehead atoms. The molecule has 3 amide bonds. The molecule has 4 nitrogen and oxygen atoms in total. The number of imide groups is 1. The van der Waals surface area contributed by atoms with Crippen LogP contribution in [-0.2, 0) is 4.79 Å². The van der Waals surface area contributed by atoms with Crippen LogP contribution in [0.25, 0.3) is 0 Å². The predicted octanol–water partition coefficient (Wildman–Crippen LogP) is 0.424. The van der Waals surface area contributed by atoms with Gasteiger partial charge in [-0.3, -0.25) is 9.69 Å². The summed E-state index contributed by atoms with van der Waals surface area (Å²) in [4.78, 5) is 22.6. The van der Waals surface area contributed by atoms with Crippen molar-refractivity contribution in [2.24, 2.45) is 0 Å². The molecule has 1 fully saturated rings. The van der Waals surface area contributed by atoms with Crippen LogP contribution in [0.2, 0.25) is 0 Å². The van der Waals surface area contributed by atoms with Crippen molar-refractivity contribution in [1.29, 1.82) is 0 Å². The maximum absolute atomic E-state index is 10.8. The lowest BCUT2D eigenvalue weighted by Crippen LogP contribution is -2.46. The van der Waals surface area contributed by atoms with Gasteiger partial charge < -0.3 is 0 Å². The van der Waals surface area contributed by atoms with Crippen LogP contribution in [0.4, 0.5) is 4.79 Å². The summed E-state index contributed by atoms with van der Waals surface area (Å²) in [6.07, 6.45) is 0.311. The second kappa shape index (κ2) is 2.46. The summed E-state index contributed by atoms with van der Waals surface area (Å²) >= 11 is 5.42. The largest absolute Gasteiger partial charge is 0.341 e. The number of nitrogens with zero attached hydrogens (tertiary/aromatic N) is 2. The molecule has 1 heterocycles. The van der Waals surface area contributed by atoms with E-state index in [4.69, 9.17) is 11.8 Å². The van der Waals surface area contributed by atoms with Gasteiger partial charge in [0.15, 0.2) is 0 Å². The van der Waals surface area contributed by atoms with Gasteiger partial charge in [0.25, 0.3) is 0 Å². The molecule has 0 radical (unpaired) electrons. The van der Waals surface area contributed by atoms with Crippen molar-refractivity contribution < 1.29 is 9.59 Å². The smallest absolute Gasteiger partial charge is 0.274 e. The number of rotatable bonds is 0. The number of amides is 3. The van der Waals surface area contributed by atoms with Crippen molar-refractivity contribution in [2.75, 3.05) is 13.6 Å². The van der Waals surface area contributed by atoms with E-state index in [1.807, 2.05) is 0 Å². The Morgan fingerprint density at radius 3 is 2.60 bits per heavy atom. The van der Waals surface area contributed by atoms with Crippen LogP contribution < -0.4 is 0 Å². The quantitative estimate of drug-likeness (QED) is 0.485. The summed E-state index contributed by atoms with van der Waals surface area (Å²) < 4.78 is 1.00. The molecule has 1 rings (SSSR count). The first-order valence-corrected chi connectivity index (χ1v) is 3.20. The van der Waals surface area contributed by atoms with E-state index < -0.39 is 6.03 Å². The molecule has 1 aliphatic heterocycles. The van der Waals surface area contributed by atoms with E-state index in [9.17, 15) is 9.59 Å². The fourth-order valence-electron chi connectivity index (χ4n) is 0.727. The zero-order chi connectivity index (χ0) is 7.72. The third kappa shape index (κ3) is 1.07. The third-order valence-corrected chi connectivity index (χ3v) is 1.70. The molecule has 0 aromatic rings. The van der Waals surface area contributed by atoms with Gasteiger partial charge in [-0.25, -0.2) is 9.21 Å². The molecule has 0 spiro atoms. The topological polar surface area (TPSA) is 40.6 Å². The van der Waals surface area contributed by atoms with E-state index in [1.165, 1.54) is 7.05 Å². The molecule has 5 heteroatoms. The molecule has 0 aromatic heterocycles. The number of hydrogen-bond donors (Lipinski definition) is 0. The van der Waals surface area contributed by atoms with Gasteiger partial charge in [-0.2, -0.15) is 0 Å². The van der Waals surface area contributed by atoms with Crippen molar-refractivity contribution in [3.8, 4) is 0 Å². The zero-order valence-electron chi connectivity index (χ0n) is 5.50. The number of hydrogen-bond acceptors (Lipinski definition) is 2. The molecule has 1 aliphatic rings. The molecule has 0 aliphatic carbocycles. The Kier molecular flexibility index (Phi) is 1.80. The van der Waals surface area contributed by atoms with Crippen molar-refractivity contribution in [3.05, 3.63) is 0 Å². The normalized spacial score (nSPS) is 20.2. The lowest BCUT2D eigenvalue weighted by molar-refractivity contribution is -0.128. The van der Waals surface area contributed by atoms with Crippen molar-refractivity contribution >= 4 is 23.7 Å². The van der Waals surface area contributed by atoms with Gasteiger partial charge in [0, 0.05) is 31.8 Å². The molecule has 1 saturated heterocycles. The highest BCUT2D eigenvalue weighted by Gasteiger charge is 2.27. The van der Waals surface area contributed by atoms with Crippen LogP contribution >= 0.6 is 11.8 Å². The van der Waals surface area contributed by atoms with Crippen LogP contribution in [0.5, 0.6) is 0 Å². The average molecular weight is 163 g/mol. The minimum atomic E-state index is -0.446. The predicted molar refractivity (Wildman–Crippen MR) is 35.3 cm³/mol. The Morgan fingerprint density at radius 2 is 2.10 bits per heavy atom.